The van der Waals surface area contributed by atoms with E-state index < -0.39 is 0 Å². The minimum Gasteiger partial charge on any atom is -0.309 e. The van der Waals surface area contributed by atoms with Crippen molar-refractivity contribution in [2.45, 2.75) is 143 Å². The summed E-state index contributed by atoms with van der Waals surface area (Å²) in [5.74, 6) is 0.501. The minimum atomic E-state index is 0.0501. The van der Waals surface area contributed by atoms with Crippen LogP contribution in [0.5, 0.6) is 0 Å². The molecule has 0 spiro atoms. The van der Waals surface area contributed by atoms with Crippen LogP contribution in [0, 0.1) is 0 Å². The highest BCUT2D eigenvalue weighted by Gasteiger charge is 2.31. The maximum Gasteiger partial charge on any atom is 0.0561 e. The number of rotatable bonds is 10. The molecule has 0 saturated carbocycles. The quantitative estimate of drug-likeness (QED) is 0.127. The predicted molar refractivity (Wildman–Crippen MR) is 387 cm³/mol. The smallest absolute Gasteiger partial charge is 0.0561 e. The summed E-state index contributed by atoms with van der Waals surface area (Å²) < 4.78 is 5.02. The van der Waals surface area contributed by atoms with Crippen molar-refractivity contribution < 1.29 is 0 Å². The summed E-state index contributed by atoms with van der Waals surface area (Å²) in [7, 11) is 0. The molecule has 0 saturated heterocycles. The van der Waals surface area contributed by atoms with Gasteiger partial charge in [-0.2, -0.15) is 0 Å². The van der Waals surface area contributed by atoms with Crippen molar-refractivity contribution in [3.05, 3.63) is 251 Å². The van der Waals surface area contributed by atoms with Crippen LogP contribution in [0.25, 0.3) is 87.3 Å². The predicted octanol–water partition coefficient (Wildman–Crippen LogP) is 24.3. The van der Waals surface area contributed by atoms with Gasteiger partial charge < -0.3 is 18.9 Å². The molecule has 0 aliphatic heterocycles. The molecule has 14 aromatic rings. The summed E-state index contributed by atoms with van der Waals surface area (Å²) in [4.78, 5) is 5.37. The number of anilines is 6. The van der Waals surface area contributed by atoms with E-state index in [1.54, 1.807) is 0 Å². The van der Waals surface area contributed by atoms with Crippen LogP contribution in [0.2, 0.25) is 0 Å². The van der Waals surface area contributed by atoms with Gasteiger partial charge in [-0.05, 0) is 225 Å². The first-order valence-electron chi connectivity index (χ1n) is 33.5. The van der Waals surface area contributed by atoms with Gasteiger partial charge in [0.2, 0.25) is 0 Å². The van der Waals surface area contributed by atoms with Crippen LogP contribution in [0.15, 0.2) is 206 Å². The third-order valence-corrected chi connectivity index (χ3v) is 20.7. The van der Waals surface area contributed by atoms with Crippen molar-refractivity contribution in [2.24, 2.45) is 0 Å². The summed E-state index contributed by atoms with van der Waals surface area (Å²) >= 11 is 0. The number of benzene rings is 12. The molecule has 0 fully saturated rings. The lowest BCUT2D eigenvalue weighted by Crippen LogP contribution is -2.17. The average Bonchev–Trinajstić information content (AvgIpc) is 0.799. The molecule has 0 radical (unpaired) electrons. The third kappa shape index (κ3) is 8.98. The summed E-state index contributed by atoms with van der Waals surface area (Å²) in [6.07, 6.45) is 9.14. The Morgan fingerprint density at radius 1 is 0.322 bits per heavy atom. The Morgan fingerprint density at radius 3 is 1.09 bits per heavy atom. The lowest BCUT2D eigenvalue weighted by atomic mass is 9.83. The number of hydrogen-bond donors (Lipinski definition) is 0. The second kappa shape index (κ2) is 21.3. The van der Waals surface area contributed by atoms with E-state index in [1.807, 2.05) is 0 Å². The Morgan fingerprint density at radius 2 is 0.689 bits per heavy atom. The maximum absolute atomic E-state index is 2.68. The van der Waals surface area contributed by atoms with Gasteiger partial charge in [0.15, 0.2) is 0 Å². The van der Waals surface area contributed by atoms with Gasteiger partial charge in [0.1, 0.15) is 0 Å². The summed E-state index contributed by atoms with van der Waals surface area (Å²) in [5, 5.41) is 13.0. The zero-order chi connectivity index (χ0) is 61.5. The molecule has 446 valence electrons. The largest absolute Gasteiger partial charge is 0.309 e. The Kier molecular flexibility index (Phi) is 13.3. The molecule has 90 heavy (non-hydrogen) atoms. The fraction of sp³-hybridized carbons (Fsp3) is 0.256. The number of para-hydroxylation sites is 2. The van der Waals surface area contributed by atoms with E-state index in [4.69, 9.17) is 0 Å². The molecule has 0 bridgehead atoms. The first-order valence-corrected chi connectivity index (χ1v) is 33.5. The van der Waals surface area contributed by atoms with E-state index in [0.29, 0.717) is 0 Å². The van der Waals surface area contributed by atoms with Crippen molar-refractivity contribution in [3.63, 3.8) is 0 Å². The van der Waals surface area contributed by atoms with Crippen molar-refractivity contribution in [1.82, 2.24) is 9.13 Å². The van der Waals surface area contributed by atoms with Crippen LogP contribution >= 0.6 is 0 Å². The van der Waals surface area contributed by atoms with Crippen molar-refractivity contribution in [3.8, 4) is 11.4 Å². The van der Waals surface area contributed by atoms with Gasteiger partial charge in [-0.3, -0.25) is 0 Å². The van der Waals surface area contributed by atoms with E-state index in [-0.39, 0.29) is 22.7 Å². The molecule has 0 amide bonds. The average molecular weight is 1170 g/mol. The lowest BCUT2D eigenvalue weighted by Gasteiger charge is -2.34. The van der Waals surface area contributed by atoms with Crippen molar-refractivity contribution in [1.29, 1.82) is 0 Å². The lowest BCUT2D eigenvalue weighted by molar-refractivity contribution is 0.590. The molecule has 2 aliphatic carbocycles. The zero-order valence-electron chi connectivity index (χ0n) is 54.2. The van der Waals surface area contributed by atoms with Crippen LogP contribution in [0.3, 0.4) is 0 Å². The molecule has 12 aromatic carbocycles. The maximum atomic E-state index is 2.68. The fourth-order valence-electron chi connectivity index (χ4n) is 16.1. The van der Waals surface area contributed by atoms with Gasteiger partial charge in [0, 0.05) is 66.4 Å². The van der Waals surface area contributed by atoms with Crippen LogP contribution in [0.1, 0.15) is 151 Å². The molecule has 2 aliphatic rings. The van der Waals surface area contributed by atoms with Crippen LogP contribution < -0.4 is 9.80 Å². The number of aryl methyl sites for hydroxylation is 2. The van der Waals surface area contributed by atoms with Gasteiger partial charge in [-0.15, -0.1) is 0 Å². The van der Waals surface area contributed by atoms with Crippen molar-refractivity contribution in [2.75, 3.05) is 9.80 Å². The molecule has 16 rings (SSSR count). The Balaban J connectivity index is 0.979. The summed E-state index contributed by atoms with van der Waals surface area (Å²) in [6.45, 7) is 23.4. The highest BCUT2D eigenvalue weighted by atomic mass is 15.2. The molecule has 0 atom stereocenters. The third-order valence-electron chi connectivity index (χ3n) is 20.7. The molecule has 4 heteroatoms. The molecule has 2 heterocycles. The number of nitrogens with zero attached hydrogens (tertiary/aromatic N) is 4. The molecule has 4 nitrogen and oxygen atoms in total. The monoisotopic (exact) mass is 1170 g/mol. The highest BCUT2D eigenvalue weighted by molar-refractivity contribution is 6.30. The van der Waals surface area contributed by atoms with Crippen LogP contribution in [-0.2, 0) is 36.5 Å². The Hall–Kier alpha value is -9.12. The zero-order valence-corrected chi connectivity index (χ0v) is 54.2. The van der Waals surface area contributed by atoms with E-state index in [9.17, 15) is 0 Å². The minimum absolute atomic E-state index is 0.0501. The number of hydrogen-bond acceptors (Lipinski definition) is 2. The first-order chi connectivity index (χ1) is 43.6. The van der Waals surface area contributed by atoms with Crippen LogP contribution in [-0.4, -0.2) is 9.13 Å². The number of aromatic nitrogens is 2. The van der Waals surface area contributed by atoms with Crippen molar-refractivity contribution >= 4 is 110 Å². The second-order valence-corrected chi connectivity index (χ2v) is 29.0. The second-order valence-electron chi connectivity index (χ2n) is 29.0. The van der Waals surface area contributed by atoms with Gasteiger partial charge in [0.25, 0.3) is 0 Å². The SMILES string of the molecule is CC(C)c1cc(N(c2ccc3c4ccccc4n(-c4ccc(C(C)(C)C)cc4)c3c2)c2cccc3c2CCCC3)c2ccc3c(C(C)C)cc(N(c4ccc5c6ccccc6n(-c6ccc(C(C)(C)C)cc6)c5c4)c4cccc5c4CCCC5)c4ccc1c2c34. The number of fused-ring (bicyclic) bond motifs is 8. The molecular weight excluding hydrogens is 1090 g/mol. The van der Waals surface area contributed by atoms with Gasteiger partial charge in [-0.1, -0.05) is 191 Å². The Labute approximate surface area is 531 Å². The van der Waals surface area contributed by atoms with Gasteiger partial charge in [-0.25, -0.2) is 0 Å². The molecule has 0 unspecified atom stereocenters. The van der Waals surface area contributed by atoms with Gasteiger partial charge >= 0.3 is 0 Å². The first kappa shape index (κ1) is 56.1. The van der Waals surface area contributed by atoms with E-state index in [1.165, 1.54) is 192 Å². The standard InChI is InChI=1S/C86H82N4/c1-53(2)73-51-81(89(75-31-19-23-55-21-11-13-25-63(55)75)61-41-43-67-65-27-15-17-29-77(65)87(79(67)49-61)59-37-33-57(34-38-59)85(5,6)7)71-48-46-70-74(54(3)4)52-82(72-47-45-69(73)83(71)84(70)72)90(76-32-20-24-56-22-12-14-26-64(56)76)62-42-44-68-66-28-16-18-30-78(66)88(80(68)50-62)60-39-35-58(36-40-60)86(8,9)10/h15-20,23-24,27-54H,11-14,21-22,25-26H2,1-10H3. The highest BCUT2D eigenvalue weighted by Crippen LogP contribution is 2.54. The molecule has 2 aromatic heterocycles. The summed E-state index contributed by atoms with van der Waals surface area (Å²) in [5.41, 5.74) is 26.0. The van der Waals surface area contributed by atoms with Crippen LogP contribution in [0.4, 0.5) is 34.1 Å². The fourth-order valence-corrected chi connectivity index (χ4v) is 16.1. The molecule has 0 N–H and O–H groups in total. The van der Waals surface area contributed by atoms with E-state index >= 15 is 0 Å². The van der Waals surface area contributed by atoms with E-state index in [0.717, 1.165) is 25.7 Å². The van der Waals surface area contributed by atoms with E-state index in [2.05, 4.69) is 294 Å². The molecular formula is C86H82N4. The summed E-state index contributed by atoms with van der Waals surface area (Å²) in [6, 6.07) is 80.7. The topological polar surface area (TPSA) is 16.3 Å². The van der Waals surface area contributed by atoms with Gasteiger partial charge in [0.05, 0.1) is 33.4 Å². The Bertz CT molecular complexity index is 4820. The normalized spacial score (nSPS) is 14.0.